The highest BCUT2D eigenvalue weighted by Crippen LogP contribution is 2.30. The van der Waals surface area contributed by atoms with Crippen LogP contribution in [0.25, 0.3) is 0 Å². The Bertz CT molecular complexity index is 421. The molecule has 0 aromatic rings. The fraction of sp³-hybridized carbons (Fsp3) is 0.889. The lowest BCUT2D eigenvalue weighted by Gasteiger charge is -2.36. The Labute approximate surface area is 134 Å². The van der Waals surface area contributed by atoms with Gasteiger partial charge in [-0.15, -0.1) is 0 Å². The lowest BCUT2D eigenvalue weighted by Crippen LogP contribution is -2.46. The summed E-state index contributed by atoms with van der Waals surface area (Å²) in [5.74, 6) is 1.51. The maximum Gasteiger partial charge on any atom is 0.228 e. The molecule has 2 amide bonds. The SMILES string of the molecule is CC1CC(C)CN(C(=O)C2CC(=O)N(C3CCCCC3)C2)C1. The first-order chi connectivity index (χ1) is 10.5. The van der Waals surface area contributed by atoms with E-state index >= 15 is 0 Å². The predicted molar refractivity (Wildman–Crippen MR) is 86.2 cm³/mol. The smallest absolute Gasteiger partial charge is 0.228 e. The lowest BCUT2D eigenvalue weighted by atomic mass is 9.91. The van der Waals surface area contributed by atoms with E-state index in [2.05, 4.69) is 13.8 Å². The number of hydrogen-bond donors (Lipinski definition) is 0. The molecule has 3 aliphatic rings. The van der Waals surface area contributed by atoms with Crippen molar-refractivity contribution in [3.05, 3.63) is 0 Å². The van der Waals surface area contributed by atoms with Gasteiger partial charge in [0.05, 0.1) is 5.92 Å². The molecule has 2 saturated heterocycles. The average Bonchev–Trinajstić information content (AvgIpc) is 2.88. The van der Waals surface area contributed by atoms with Crippen molar-refractivity contribution in [3.63, 3.8) is 0 Å². The normalized spacial score (nSPS) is 34.3. The summed E-state index contributed by atoms with van der Waals surface area (Å²) in [4.78, 5) is 29.2. The molecule has 0 aromatic carbocycles. The molecule has 2 heterocycles. The number of nitrogens with zero attached hydrogens (tertiary/aromatic N) is 2. The van der Waals surface area contributed by atoms with E-state index in [-0.39, 0.29) is 17.7 Å². The van der Waals surface area contributed by atoms with Gasteiger partial charge >= 0.3 is 0 Å². The van der Waals surface area contributed by atoms with E-state index in [4.69, 9.17) is 0 Å². The molecular weight excluding hydrogens is 276 g/mol. The Kier molecular flexibility index (Phi) is 4.74. The summed E-state index contributed by atoms with van der Waals surface area (Å²) in [5, 5.41) is 0. The number of hydrogen-bond acceptors (Lipinski definition) is 2. The Morgan fingerprint density at radius 3 is 2.27 bits per heavy atom. The van der Waals surface area contributed by atoms with Gasteiger partial charge in [-0.1, -0.05) is 33.1 Å². The summed E-state index contributed by atoms with van der Waals surface area (Å²) < 4.78 is 0. The molecule has 0 N–H and O–H groups in total. The van der Waals surface area contributed by atoms with Gasteiger partial charge in [0.1, 0.15) is 0 Å². The highest BCUT2D eigenvalue weighted by molar-refractivity contribution is 5.89. The fourth-order valence-corrected chi connectivity index (χ4v) is 4.74. The minimum Gasteiger partial charge on any atom is -0.342 e. The molecule has 1 aliphatic carbocycles. The van der Waals surface area contributed by atoms with Gasteiger partial charge in [-0.25, -0.2) is 0 Å². The maximum atomic E-state index is 12.8. The van der Waals surface area contributed by atoms with E-state index in [0.717, 1.165) is 25.9 Å². The second-order valence-corrected chi connectivity index (χ2v) is 7.93. The Balaban J connectivity index is 1.61. The molecule has 3 rings (SSSR count). The van der Waals surface area contributed by atoms with Gasteiger partial charge in [-0.2, -0.15) is 0 Å². The average molecular weight is 306 g/mol. The maximum absolute atomic E-state index is 12.8. The first-order valence-corrected chi connectivity index (χ1v) is 9.13. The van der Waals surface area contributed by atoms with Crippen LogP contribution < -0.4 is 0 Å². The number of piperidine rings is 1. The molecule has 0 radical (unpaired) electrons. The van der Waals surface area contributed by atoms with Gasteiger partial charge in [-0.05, 0) is 31.1 Å². The van der Waals surface area contributed by atoms with E-state index < -0.39 is 0 Å². The molecule has 1 saturated carbocycles. The van der Waals surface area contributed by atoms with E-state index in [1.165, 1.54) is 25.7 Å². The Hall–Kier alpha value is -1.06. The standard InChI is InChI=1S/C18H30N2O2/c1-13-8-14(2)11-19(10-13)18(22)15-9-17(21)20(12-15)16-6-4-3-5-7-16/h13-16H,3-12H2,1-2H3. The summed E-state index contributed by atoms with van der Waals surface area (Å²) >= 11 is 0. The van der Waals surface area contributed by atoms with E-state index in [1.54, 1.807) is 0 Å². The van der Waals surface area contributed by atoms with Gasteiger partial charge in [0.25, 0.3) is 0 Å². The monoisotopic (exact) mass is 306 g/mol. The van der Waals surface area contributed by atoms with Crippen LogP contribution in [0.5, 0.6) is 0 Å². The quantitative estimate of drug-likeness (QED) is 0.787. The molecule has 0 aromatic heterocycles. The van der Waals surface area contributed by atoms with Crippen molar-refractivity contribution in [3.8, 4) is 0 Å². The number of rotatable bonds is 2. The first kappa shape index (κ1) is 15.8. The van der Waals surface area contributed by atoms with Gasteiger partial charge in [0.2, 0.25) is 11.8 Å². The lowest BCUT2D eigenvalue weighted by molar-refractivity contribution is -0.138. The first-order valence-electron chi connectivity index (χ1n) is 9.13. The van der Waals surface area contributed by atoms with Crippen LogP contribution in [0.15, 0.2) is 0 Å². The second-order valence-electron chi connectivity index (χ2n) is 7.93. The Morgan fingerprint density at radius 2 is 1.64 bits per heavy atom. The zero-order valence-electron chi connectivity index (χ0n) is 14.1. The third-order valence-electron chi connectivity index (χ3n) is 5.70. The van der Waals surface area contributed by atoms with Crippen molar-refractivity contribution in [2.24, 2.45) is 17.8 Å². The van der Waals surface area contributed by atoms with Crippen LogP contribution in [0.1, 0.15) is 58.8 Å². The number of carbonyl (C=O) groups is 2. The molecule has 3 atom stereocenters. The summed E-state index contributed by atoms with van der Waals surface area (Å²) in [6.07, 6.45) is 7.66. The summed E-state index contributed by atoms with van der Waals surface area (Å²) in [7, 11) is 0. The molecule has 4 heteroatoms. The number of amides is 2. The predicted octanol–water partition coefficient (Wildman–Crippen LogP) is 2.67. The van der Waals surface area contributed by atoms with Gasteiger partial charge in [0, 0.05) is 32.1 Å². The molecule has 4 nitrogen and oxygen atoms in total. The van der Waals surface area contributed by atoms with Crippen LogP contribution in [0.3, 0.4) is 0 Å². The van der Waals surface area contributed by atoms with Crippen molar-refractivity contribution in [1.29, 1.82) is 0 Å². The third-order valence-corrected chi connectivity index (χ3v) is 5.70. The zero-order valence-corrected chi connectivity index (χ0v) is 14.1. The van der Waals surface area contributed by atoms with Gasteiger partial charge < -0.3 is 9.80 Å². The number of carbonyl (C=O) groups excluding carboxylic acids is 2. The molecule has 2 aliphatic heterocycles. The molecule has 0 spiro atoms. The zero-order chi connectivity index (χ0) is 15.7. The van der Waals surface area contributed by atoms with Crippen LogP contribution in [-0.2, 0) is 9.59 Å². The fourth-order valence-electron chi connectivity index (χ4n) is 4.74. The topological polar surface area (TPSA) is 40.6 Å². The second kappa shape index (κ2) is 6.59. The van der Waals surface area contributed by atoms with Crippen LogP contribution in [-0.4, -0.2) is 47.3 Å². The highest BCUT2D eigenvalue weighted by Gasteiger charge is 2.40. The highest BCUT2D eigenvalue weighted by atomic mass is 16.2. The number of likely N-dealkylation sites (tertiary alicyclic amines) is 2. The van der Waals surface area contributed by atoms with Crippen molar-refractivity contribution < 1.29 is 9.59 Å². The minimum atomic E-state index is -0.0908. The van der Waals surface area contributed by atoms with Crippen LogP contribution >= 0.6 is 0 Å². The Morgan fingerprint density at radius 1 is 1.00 bits per heavy atom. The molecule has 22 heavy (non-hydrogen) atoms. The third kappa shape index (κ3) is 3.31. The molecule has 3 unspecified atom stereocenters. The molecular formula is C18H30N2O2. The van der Waals surface area contributed by atoms with Crippen LogP contribution in [0.4, 0.5) is 0 Å². The molecule has 3 fully saturated rings. The summed E-state index contributed by atoms with van der Waals surface area (Å²) in [6.45, 7) is 6.87. The van der Waals surface area contributed by atoms with Crippen LogP contribution in [0, 0.1) is 17.8 Å². The molecule has 124 valence electrons. The molecule has 0 bridgehead atoms. The summed E-state index contributed by atoms with van der Waals surface area (Å²) in [6, 6.07) is 0.401. The largest absolute Gasteiger partial charge is 0.342 e. The van der Waals surface area contributed by atoms with Crippen molar-refractivity contribution in [2.75, 3.05) is 19.6 Å². The van der Waals surface area contributed by atoms with Crippen molar-refractivity contribution in [2.45, 2.75) is 64.8 Å². The van der Waals surface area contributed by atoms with E-state index in [0.29, 0.717) is 30.8 Å². The van der Waals surface area contributed by atoms with E-state index in [9.17, 15) is 9.59 Å². The van der Waals surface area contributed by atoms with Crippen molar-refractivity contribution in [1.82, 2.24) is 9.80 Å². The van der Waals surface area contributed by atoms with Gasteiger partial charge in [-0.3, -0.25) is 9.59 Å². The summed E-state index contributed by atoms with van der Waals surface area (Å²) in [5.41, 5.74) is 0. The minimum absolute atomic E-state index is 0.0908. The van der Waals surface area contributed by atoms with Crippen LogP contribution in [0.2, 0.25) is 0 Å². The van der Waals surface area contributed by atoms with Gasteiger partial charge in [0.15, 0.2) is 0 Å². The van der Waals surface area contributed by atoms with Crippen molar-refractivity contribution >= 4 is 11.8 Å². The van der Waals surface area contributed by atoms with E-state index in [1.807, 2.05) is 9.80 Å².